The van der Waals surface area contributed by atoms with E-state index in [0.29, 0.717) is 5.69 Å². The highest BCUT2D eigenvalue weighted by Crippen LogP contribution is 2.15. The topological polar surface area (TPSA) is 59.8 Å². The molecule has 5 nitrogen and oxygen atoms in total. The fourth-order valence-corrected chi connectivity index (χ4v) is 1.90. The second kappa shape index (κ2) is 5.65. The van der Waals surface area contributed by atoms with Crippen LogP contribution in [0, 0.1) is 6.92 Å². The normalized spacial score (nSPS) is 12.2. The SMILES string of the molecule is CCC(NC(=O)c1cn(C)cn1)c1cc(C)ccn1. The molecule has 5 heteroatoms. The first-order chi connectivity index (χ1) is 9.10. The molecule has 1 amide bonds. The Balaban J connectivity index is 2.13. The number of nitrogens with zero attached hydrogens (tertiary/aromatic N) is 3. The van der Waals surface area contributed by atoms with Gasteiger partial charge in [0.05, 0.1) is 18.1 Å². The van der Waals surface area contributed by atoms with Crippen LogP contribution in [0.5, 0.6) is 0 Å². The summed E-state index contributed by atoms with van der Waals surface area (Å²) in [5.74, 6) is -0.171. The number of carbonyl (C=O) groups excluding carboxylic acids is 1. The van der Waals surface area contributed by atoms with Crippen molar-refractivity contribution in [1.29, 1.82) is 0 Å². The van der Waals surface area contributed by atoms with Crippen LogP contribution in [-0.2, 0) is 7.05 Å². The molecule has 100 valence electrons. The summed E-state index contributed by atoms with van der Waals surface area (Å²) in [6.07, 6.45) is 5.86. The molecule has 0 spiro atoms. The van der Waals surface area contributed by atoms with E-state index in [9.17, 15) is 4.79 Å². The Morgan fingerprint density at radius 3 is 2.84 bits per heavy atom. The lowest BCUT2D eigenvalue weighted by Gasteiger charge is -2.16. The molecule has 19 heavy (non-hydrogen) atoms. The Bertz CT molecular complexity index is 576. The predicted octanol–water partition coefficient (Wildman–Crippen LogP) is 2.00. The van der Waals surface area contributed by atoms with Crippen molar-refractivity contribution in [2.24, 2.45) is 7.05 Å². The number of nitrogens with one attached hydrogen (secondary N) is 1. The molecule has 2 aromatic heterocycles. The van der Waals surface area contributed by atoms with E-state index in [1.54, 1.807) is 23.3 Å². The summed E-state index contributed by atoms with van der Waals surface area (Å²) in [4.78, 5) is 20.4. The molecule has 2 rings (SSSR count). The van der Waals surface area contributed by atoms with Crippen LogP contribution >= 0.6 is 0 Å². The third-order valence-corrected chi connectivity index (χ3v) is 2.94. The van der Waals surface area contributed by atoms with Gasteiger partial charge in [0.15, 0.2) is 0 Å². The van der Waals surface area contributed by atoms with E-state index < -0.39 is 0 Å². The second-order valence-corrected chi connectivity index (χ2v) is 4.62. The van der Waals surface area contributed by atoms with Crippen molar-refractivity contribution in [1.82, 2.24) is 19.9 Å². The summed E-state index contributed by atoms with van der Waals surface area (Å²) in [5.41, 5.74) is 2.44. The number of rotatable bonds is 4. The molecule has 2 aromatic rings. The molecule has 0 radical (unpaired) electrons. The fraction of sp³-hybridized carbons (Fsp3) is 0.357. The monoisotopic (exact) mass is 258 g/mol. The lowest BCUT2D eigenvalue weighted by molar-refractivity contribution is 0.0930. The minimum absolute atomic E-state index is 0.0885. The maximum Gasteiger partial charge on any atom is 0.272 e. The lowest BCUT2D eigenvalue weighted by Crippen LogP contribution is -2.29. The Morgan fingerprint density at radius 1 is 1.47 bits per heavy atom. The number of carbonyl (C=O) groups is 1. The van der Waals surface area contributed by atoms with Gasteiger partial charge in [-0.1, -0.05) is 6.92 Å². The maximum absolute atomic E-state index is 12.1. The van der Waals surface area contributed by atoms with Gasteiger partial charge < -0.3 is 9.88 Å². The molecule has 0 aliphatic heterocycles. The zero-order valence-electron chi connectivity index (χ0n) is 11.4. The summed E-state index contributed by atoms with van der Waals surface area (Å²) < 4.78 is 1.75. The molecule has 0 saturated heterocycles. The molecular formula is C14H18N4O. The smallest absolute Gasteiger partial charge is 0.272 e. The van der Waals surface area contributed by atoms with Crippen LogP contribution in [0.25, 0.3) is 0 Å². The minimum Gasteiger partial charge on any atom is -0.342 e. The van der Waals surface area contributed by atoms with E-state index in [1.165, 1.54) is 0 Å². The van der Waals surface area contributed by atoms with Crippen LogP contribution < -0.4 is 5.32 Å². The number of imidazole rings is 1. The van der Waals surface area contributed by atoms with Crippen molar-refractivity contribution in [3.63, 3.8) is 0 Å². The van der Waals surface area contributed by atoms with Gasteiger partial charge in [0, 0.05) is 19.4 Å². The van der Waals surface area contributed by atoms with Crippen LogP contribution in [0.2, 0.25) is 0 Å². The Kier molecular flexibility index (Phi) is 3.94. The second-order valence-electron chi connectivity index (χ2n) is 4.62. The summed E-state index contributed by atoms with van der Waals surface area (Å²) >= 11 is 0. The van der Waals surface area contributed by atoms with Gasteiger partial charge in [0.2, 0.25) is 0 Å². The van der Waals surface area contributed by atoms with Gasteiger partial charge in [-0.15, -0.1) is 0 Å². The van der Waals surface area contributed by atoms with Crippen LogP contribution in [0.1, 0.15) is 41.1 Å². The first kappa shape index (κ1) is 13.3. The highest BCUT2D eigenvalue weighted by atomic mass is 16.2. The first-order valence-corrected chi connectivity index (χ1v) is 6.31. The summed E-state index contributed by atoms with van der Waals surface area (Å²) in [6.45, 7) is 4.03. The van der Waals surface area contributed by atoms with Crippen molar-refractivity contribution in [3.05, 3.63) is 47.8 Å². The third-order valence-electron chi connectivity index (χ3n) is 2.94. The van der Waals surface area contributed by atoms with Gasteiger partial charge in [-0.2, -0.15) is 0 Å². The maximum atomic E-state index is 12.1. The van der Waals surface area contributed by atoms with E-state index >= 15 is 0 Å². The highest BCUT2D eigenvalue weighted by molar-refractivity contribution is 5.92. The number of aromatic nitrogens is 3. The summed E-state index contributed by atoms with van der Waals surface area (Å²) in [5, 5.41) is 2.96. The Labute approximate surface area is 112 Å². The number of amides is 1. The molecule has 0 aromatic carbocycles. The standard InChI is InChI=1S/C14H18N4O/c1-4-11(12-7-10(2)5-6-15-12)17-14(19)13-8-18(3)9-16-13/h5-9,11H,4H2,1-3H3,(H,17,19). The van der Waals surface area contributed by atoms with Crippen molar-refractivity contribution in [3.8, 4) is 0 Å². The van der Waals surface area contributed by atoms with Crippen LogP contribution in [0.4, 0.5) is 0 Å². The predicted molar refractivity (Wildman–Crippen MR) is 72.7 cm³/mol. The van der Waals surface area contributed by atoms with Gasteiger partial charge in [0.1, 0.15) is 5.69 Å². The zero-order valence-corrected chi connectivity index (χ0v) is 11.4. The third kappa shape index (κ3) is 3.19. The number of pyridine rings is 1. The van der Waals surface area contributed by atoms with Crippen molar-refractivity contribution in [2.45, 2.75) is 26.3 Å². The number of aryl methyl sites for hydroxylation is 2. The summed E-state index contributed by atoms with van der Waals surface area (Å²) in [6, 6.07) is 3.85. The van der Waals surface area contributed by atoms with Crippen molar-refractivity contribution < 1.29 is 4.79 Å². The van der Waals surface area contributed by atoms with Crippen LogP contribution in [0.3, 0.4) is 0 Å². The molecule has 1 atom stereocenters. The van der Waals surface area contributed by atoms with Gasteiger partial charge in [-0.25, -0.2) is 4.98 Å². The quantitative estimate of drug-likeness (QED) is 0.912. The largest absolute Gasteiger partial charge is 0.342 e. The molecule has 0 aliphatic carbocycles. The molecule has 0 fully saturated rings. The van der Waals surface area contributed by atoms with Gasteiger partial charge in [-0.3, -0.25) is 9.78 Å². The van der Waals surface area contributed by atoms with Gasteiger partial charge in [-0.05, 0) is 31.0 Å². The van der Waals surface area contributed by atoms with E-state index in [4.69, 9.17) is 0 Å². The molecular weight excluding hydrogens is 240 g/mol. The average molecular weight is 258 g/mol. The number of hydrogen-bond acceptors (Lipinski definition) is 3. The molecule has 2 heterocycles. The molecule has 0 bridgehead atoms. The van der Waals surface area contributed by atoms with Gasteiger partial charge >= 0.3 is 0 Å². The molecule has 1 unspecified atom stereocenters. The first-order valence-electron chi connectivity index (χ1n) is 6.31. The minimum atomic E-state index is -0.171. The van der Waals surface area contributed by atoms with E-state index in [2.05, 4.69) is 15.3 Å². The van der Waals surface area contributed by atoms with Crippen LogP contribution in [0.15, 0.2) is 30.9 Å². The molecule has 0 aliphatic rings. The average Bonchev–Trinajstić information content (AvgIpc) is 2.82. The Hall–Kier alpha value is -2.17. The fourth-order valence-electron chi connectivity index (χ4n) is 1.90. The van der Waals surface area contributed by atoms with E-state index in [-0.39, 0.29) is 11.9 Å². The molecule has 1 N–H and O–H groups in total. The van der Waals surface area contributed by atoms with E-state index in [0.717, 1.165) is 17.7 Å². The van der Waals surface area contributed by atoms with Crippen molar-refractivity contribution >= 4 is 5.91 Å². The van der Waals surface area contributed by atoms with Crippen LogP contribution in [-0.4, -0.2) is 20.4 Å². The van der Waals surface area contributed by atoms with E-state index in [1.807, 2.05) is 33.0 Å². The number of hydrogen-bond donors (Lipinski definition) is 1. The highest BCUT2D eigenvalue weighted by Gasteiger charge is 2.16. The Morgan fingerprint density at radius 2 is 2.26 bits per heavy atom. The lowest BCUT2D eigenvalue weighted by atomic mass is 10.1. The van der Waals surface area contributed by atoms with Gasteiger partial charge in [0.25, 0.3) is 5.91 Å². The summed E-state index contributed by atoms with van der Waals surface area (Å²) in [7, 11) is 1.84. The molecule has 0 saturated carbocycles. The van der Waals surface area contributed by atoms with Crippen molar-refractivity contribution in [2.75, 3.05) is 0 Å². The zero-order chi connectivity index (χ0) is 13.8.